The summed E-state index contributed by atoms with van der Waals surface area (Å²) in [5, 5.41) is 37.1. The predicted octanol–water partition coefficient (Wildman–Crippen LogP) is 1.77. The normalized spacial score (nSPS) is 11.2. The molecule has 0 spiro atoms. The molecule has 0 saturated carbocycles. The number of nitrogens with zero attached hydrogens (tertiary/aromatic N) is 5. The summed E-state index contributed by atoms with van der Waals surface area (Å²) in [5.41, 5.74) is 3.40. The van der Waals surface area contributed by atoms with Gasteiger partial charge in [0.2, 0.25) is 5.52 Å². The van der Waals surface area contributed by atoms with E-state index < -0.39 is 5.97 Å². The summed E-state index contributed by atoms with van der Waals surface area (Å²) in [4.78, 5) is 12.9. The molecular formula is C20H20N6O4. The highest BCUT2D eigenvalue weighted by molar-refractivity contribution is 5.80. The van der Waals surface area contributed by atoms with E-state index in [0.29, 0.717) is 27.0 Å². The lowest BCUT2D eigenvalue weighted by Crippen LogP contribution is -2.43. The molecule has 2 heterocycles. The van der Waals surface area contributed by atoms with Gasteiger partial charge in [0.25, 0.3) is 11.2 Å². The Hall–Kier alpha value is -3.95. The number of aryl methyl sites for hydroxylation is 1. The minimum absolute atomic E-state index is 0.0920. The van der Waals surface area contributed by atoms with E-state index in [1.807, 2.05) is 6.92 Å². The Morgan fingerprint density at radius 1 is 1.07 bits per heavy atom. The van der Waals surface area contributed by atoms with Crippen molar-refractivity contribution in [2.45, 2.75) is 27.3 Å². The topological polar surface area (TPSA) is 123 Å². The third kappa shape index (κ3) is 3.43. The van der Waals surface area contributed by atoms with Gasteiger partial charge in [0, 0.05) is 19.1 Å². The van der Waals surface area contributed by atoms with E-state index in [0.717, 1.165) is 10.3 Å². The quantitative estimate of drug-likeness (QED) is 0.303. The molecule has 154 valence electrons. The van der Waals surface area contributed by atoms with Crippen molar-refractivity contribution >= 4 is 39.5 Å². The highest BCUT2D eigenvalue weighted by Crippen LogP contribution is 2.21. The van der Waals surface area contributed by atoms with E-state index in [9.17, 15) is 15.2 Å². The van der Waals surface area contributed by atoms with Crippen molar-refractivity contribution in [1.82, 2.24) is 15.0 Å². The van der Waals surface area contributed by atoms with Crippen molar-refractivity contribution in [3.63, 3.8) is 0 Å². The Morgan fingerprint density at radius 3 is 2.60 bits per heavy atom. The maximum absolute atomic E-state index is 12.9. The second-order valence-corrected chi connectivity index (χ2v) is 6.88. The number of ether oxygens (including phenoxy) is 1. The first-order valence-corrected chi connectivity index (χ1v) is 9.41. The fraction of sp³-hybridized carbons (Fsp3) is 0.250. The SMILES string of the molecule is CCOC(=O)Cn1nc2ccc(Nc3c(C)[n+]([O-])c4cc(C)ccc4[n+]3[O-])cc2n1. The van der Waals surface area contributed by atoms with Crippen molar-refractivity contribution in [3.8, 4) is 0 Å². The molecule has 0 aliphatic heterocycles. The van der Waals surface area contributed by atoms with Crippen LogP contribution >= 0.6 is 0 Å². The van der Waals surface area contributed by atoms with Crippen molar-refractivity contribution in [2.24, 2.45) is 0 Å². The maximum atomic E-state index is 12.9. The summed E-state index contributed by atoms with van der Waals surface area (Å²) in [6.07, 6.45) is 0. The van der Waals surface area contributed by atoms with E-state index in [1.54, 1.807) is 50.2 Å². The van der Waals surface area contributed by atoms with Crippen LogP contribution in [-0.2, 0) is 16.1 Å². The molecule has 2 aromatic heterocycles. The number of benzene rings is 2. The van der Waals surface area contributed by atoms with Crippen LogP contribution in [0.3, 0.4) is 0 Å². The van der Waals surface area contributed by atoms with E-state index in [4.69, 9.17) is 4.74 Å². The number of anilines is 2. The lowest BCUT2D eigenvalue weighted by Gasteiger charge is -2.14. The van der Waals surface area contributed by atoms with Gasteiger partial charge < -0.3 is 15.2 Å². The molecule has 0 radical (unpaired) electrons. The largest absolute Gasteiger partial charge is 0.710 e. The number of fused-ring (bicyclic) bond motifs is 2. The Balaban J connectivity index is 1.69. The lowest BCUT2D eigenvalue weighted by atomic mass is 10.2. The van der Waals surface area contributed by atoms with Crippen LogP contribution in [0.15, 0.2) is 36.4 Å². The molecule has 2 aromatic carbocycles. The average molecular weight is 408 g/mol. The second-order valence-electron chi connectivity index (χ2n) is 6.88. The molecule has 0 atom stereocenters. The Labute approximate surface area is 171 Å². The third-order valence-electron chi connectivity index (χ3n) is 4.68. The highest BCUT2D eigenvalue weighted by atomic mass is 16.5. The number of rotatable bonds is 5. The monoisotopic (exact) mass is 408 g/mol. The van der Waals surface area contributed by atoms with E-state index in [-0.39, 0.29) is 30.2 Å². The number of hydrogen-bond acceptors (Lipinski definition) is 7. The smallest absolute Gasteiger partial charge is 0.352 e. The van der Waals surface area contributed by atoms with E-state index >= 15 is 0 Å². The Morgan fingerprint density at radius 2 is 1.83 bits per heavy atom. The highest BCUT2D eigenvalue weighted by Gasteiger charge is 2.24. The Kier molecular flexibility index (Phi) is 4.82. The molecular weight excluding hydrogens is 388 g/mol. The van der Waals surface area contributed by atoms with Crippen LogP contribution in [0.25, 0.3) is 22.1 Å². The third-order valence-corrected chi connectivity index (χ3v) is 4.68. The van der Waals surface area contributed by atoms with Gasteiger partial charge in [-0.3, -0.25) is 0 Å². The minimum Gasteiger partial charge on any atom is -0.710 e. The molecule has 4 aromatic rings. The molecule has 4 rings (SSSR count). The van der Waals surface area contributed by atoms with Crippen molar-refractivity contribution < 1.29 is 19.0 Å². The summed E-state index contributed by atoms with van der Waals surface area (Å²) in [5.74, 6) is -0.301. The molecule has 0 amide bonds. The number of aromatic nitrogens is 5. The first-order valence-electron chi connectivity index (χ1n) is 9.41. The molecule has 10 heteroatoms. The second kappa shape index (κ2) is 7.47. The molecule has 0 unspecified atom stereocenters. The summed E-state index contributed by atoms with van der Waals surface area (Å²) >= 11 is 0. The van der Waals surface area contributed by atoms with Gasteiger partial charge in [-0.1, -0.05) is 6.07 Å². The van der Waals surface area contributed by atoms with E-state index in [2.05, 4.69) is 15.5 Å². The average Bonchev–Trinajstić information content (AvgIpc) is 3.11. The summed E-state index contributed by atoms with van der Waals surface area (Å²) in [6, 6.07) is 10.2. The van der Waals surface area contributed by atoms with Gasteiger partial charge in [-0.25, -0.2) is 14.8 Å². The molecule has 0 saturated heterocycles. The van der Waals surface area contributed by atoms with Gasteiger partial charge in [-0.15, -0.1) is 0 Å². The van der Waals surface area contributed by atoms with Crippen LogP contribution in [-0.4, -0.2) is 27.6 Å². The summed E-state index contributed by atoms with van der Waals surface area (Å²) in [7, 11) is 0. The van der Waals surface area contributed by atoms with Crippen molar-refractivity contribution in [3.05, 3.63) is 58.1 Å². The number of esters is 1. The fourth-order valence-corrected chi connectivity index (χ4v) is 3.22. The van der Waals surface area contributed by atoms with Gasteiger partial charge in [0.05, 0.1) is 6.61 Å². The van der Waals surface area contributed by atoms with Crippen LogP contribution in [0.2, 0.25) is 0 Å². The molecule has 30 heavy (non-hydrogen) atoms. The molecule has 0 fully saturated rings. The van der Waals surface area contributed by atoms with Crippen LogP contribution < -0.4 is 14.8 Å². The van der Waals surface area contributed by atoms with Crippen molar-refractivity contribution in [2.75, 3.05) is 11.9 Å². The standard InChI is InChI=1S/C20H20N6O4/c1-4-30-19(27)11-24-22-15-7-6-14(10-16(15)23-24)21-20-13(3)25(28)18-9-12(2)5-8-17(18)26(20)29/h5-10,21H,4,11H2,1-3H3. The van der Waals surface area contributed by atoms with Crippen LogP contribution in [0.5, 0.6) is 0 Å². The summed E-state index contributed by atoms with van der Waals surface area (Å²) < 4.78 is 6.35. The molecule has 0 aliphatic rings. The molecule has 0 aliphatic carbocycles. The molecule has 0 bridgehead atoms. The zero-order valence-corrected chi connectivity index (χ0v) is 16.7. The van der Waals surface area contributed by atoms with Gasteiger partial charge in [0.15, 0.2) is 6.54 Å². The zero-order valence-electron chi connectivity index (χ0n) is 16.7. The first kappa shape index (κ1) is 19.4. The lowest BCUT2D eigenvalue weighted by molar-refractivity contribution is -0.623. The number of hydrogen-bond donors (Lipinski definition) is 1. The van der Waals surface area contributed by atoms with Crippen LogP contribution in [0, 0.1) is 24.3 Å². The van der Waals surface area contributed by atoms with E-state index in [1.165, 1.54) is 4.80 Å². The first-order chi connectivity index (χ1) is 14.4. The van der Waals surface area contributed by atoms with Crippen molar-refractivity contribution in [1.29, 1.82) is 0 Å². The van der Waals surface area contributed by atoms with Crippen LogP contribution in [0.1, 0.15) is 18.2 Å². The van der Waals surface area contributed by atoms with Crippen LogP contribution in [0.4, 0.5) is 11.5 Å². The number of nitrogens with one attached hydrogen (secondary N) is 1. The van der Waals surface area contributed by atoms with Gasteiger partial charge in [0.1, 0.15) is 16.7 Å². The number of carbonyl (C=O) groups excluding carboxylic acids is 1. The van der Waals surface area contributed by atoms with Gasteiger partial charge in [-0.2, -0.15) is 19.7 Å². The predicted molar refractivity (Wildman–Crippen MR) is 109 cm³/mol. The number of carbonyl (C=O) groups is 1. The molecule has 10 nitrogen and oxygen atoms in total. The summed E-state index contributed by atoms with van der Waals surface area (Å²) in [6.45, 7) is 5.37. The van der Waals surface area contributed by atoms with Gasteiger partial charge in [-0.05, 0) is 37.6 Å². The fourth-order valence-electron chi connectivity index (χ4n) is 3.22. The zero-order chi connectivity index (χ0) is 21.4. The maximum Gasteiger partial charge on any atom is 0.352 e. The molecule has 1 N–H and O–H groups in total. The van der Waals surface area contributed by atoms with Gasteiger partial charge >= 0.3 is 11.8 Å². The minimum atomic E-state index is -0.425. The Bertz CT molecular complexity index is 1280.